The number of carbonyl (C=O) groups excluding carboxylic acids is 1. The number of nitrogens with one attached hydrogen (secondary N) is 3. The highest BCUT2D eigenvalue weighted by molar-refractivity contribution is 5.81. The number of fused-ring (bicyclic) bond motifs is 1. The van der Waals surface area contributed by atoms with Gasteiger partial charge in [0, 0.05) is 13.1 Å². The molecule has 5 rings (SSSR count). The first-order valence-electron chi connectivity index (χ1n) is 8.87. The van der Waals surface area contributed by atoms with Crippen molar-refractivity contribution in [3.8, 4) is 0 Å². The maximum absolute atomic E-state index is 13.5. The van der Waals surface area contributed by atoms with E-state index in [0.29, 0.717) is 29.9 Å². The zero-order chi connectivity index (χ0) is 18.4. The Hall–Kier alpha value is -2.92. The van der Waals surface area contributed by atoms with Crippen molar-refractivity contribution in [2.24, 2.45) is 5.92 Å². The van der Waals surface area contributed by atoms with Crippen LogP contribution in [0.5, 0.6) is 0 Å². The Bertz CT molecular complexity index is 972. The second kappa shape index (κ2) is 6.35. The van der Waals surface area contributed by atoms with E-state index >= 15 is 0 Å². The fraction of sp³-hybridized carbons (Fsp3) is 0.438. The monoisotopic (exact) mass is 371 g/mol. The molecule has 2 aliphatic heterocycles. The lowest BCUT2D eigenvalue weighted by Crippen LogP contribution is -2.40. The average molecular weight is 371 g/mol. The highest BCUT2D eigenvalue weighted by atomic mass is 19.1. The molecular weight excluding hydrogens is 353 g/mol. The van der Waals surface area contributed by atoms with Crippen molar-refractivity contribution in [2.75, 3.05) is 13.1 Å². The molecule has 3 aromatic rings. The van der Waals surface area contributed by atoms with Gasteiger partial charge in [0.05, 0.1) is 23.0 Å². The number of hydrazine groups is 1. The number of tetrazole rings is 1. The predicted molar refractivity (Wildman–Crippen MR) is 91.2 cm³/mol. The number of hydrogen-bond acceptors (Lipinski definition) is 7. The number of benzene rings is 1. The van der Waals surface area contributed by atoms with E-state index in [2.05, 4.69) is 36.3 Å². The molecule has 3 atom stereocenters. The quantitative estimate of drug-likeness (QED) is 0.605. The number of hydrogen-bond donors (Lipinski definition) is 3. The van der Waals surface area contributed by atoms with Gasteiger partial charge in [-0.15, -0.1) is 5.10 Å². The van der Waals surface area contributed by atoms with E-state index < -0.39 is 0 Å². The number of amides is 1. The molecule has 2 aliphatic rings. The van der Waals surface area contributed by atoms with Crippen LogP contribution in [-0.2, 0) is 4.79 Å². The molecule has 27 heavy (non-hydrogen) atoms. The molecule has 1 amide bonds. The molecule has 2 fully saturated rings. The summed E-state index contributed by atoms with van der Waals surface area (Å²) in [6.07, 6.45) is 2.85. The van der Waals surface area contributed by atoms with Gasteiger partial charge in [-0.05, 0) is 41.5 Å². The summed E-state index contributed by atoms with van der Waals surface area (Å²) < 4.78 is 15.0. The maximum atomic E-state index is 13.5. The maximum Gasteiger partial charge on any atom is 0.231 e. The summed E-state index contributed by atoms with van der Waals surface area (Å²) in [5.41, 5.74) is 7.41. The Morgan fingerprint density at radius 1 is 1.33 bits per heavy atom. The zero-order valence-electron chi connectivity index (χ0n) is 14.3. The van der Waals surface area contributed by atoms with Crippen LogP contribution in [-0.4, -0.2) is 54.1 Å². The number of rotatable bonds is 3. The molecule has 1 aromatic carbocycles. The zero-order valence-corrected chi connectivity index (χ0v) is 14.3. The highest BCUT2D eigenvalue weighted by Gasteiger charge is 2.41. The van der Waals surface area contributed by atoms with Gasteiger partial charge in [-0.2, -0.15) is 0 Å². The Kier molecular flexibility index (Phi) is 3.83. The van der Waals surface area contributed by atoms with Crippen LogP contribution < -0.4 is 10.9 Å². The first-order chi connectivity index (χ1) is 13.2. The lowest BCUT2D eigenvalue weighted by atomic mass is 10.1. The third-order valence-electron chi connectivity index (χ3n) is 5.23. The number of imidazole rings is 1. The van der Waals surface area contributed by atoms with Gasteiger partial charge in [0.2, 0.25) is 5.91 Å². The molecule has 0 bridgehead atoms. The van der Waals surface area contributed by atoms with Gasteiger partial charge in [-0.3, -0.25) is 10.2 Å². The van der Waals surface area contributed by atoms with Gasteiger partial charge >= 0.3 is 0 Å². The van der Waals surface area contributed by atoms with Gasteiger partial charge in [-0.1, -0.05) is 0 Å². The largest absolute Gasteiger partial charge is 0.340 e. The van der Waals surface area contributed by atoms with Crippen LogP contribution in [0.2, 0.25) is 0 Å². The SMILES string of the molecule is O=C(C1CNNC1n1cnnn1)N1CCCC1c1nc2ccc(F)cc2[nH]1. The second-order valence-electron chi connectivity index (χ2n) is 6.84. The Balaban J connectivity index is 1.42. The molecule has 0 spiro atoms. The van der Waals surface area contributed by atoms with E-state index in [1.54, 1.807) is 6.07 Å². The van der Waals surface area contributed by atoms with Crippen LogP contribution >= 0.6 is 0 Å². The predicted octanol–water partition coefficient (Wildman–Crippen LogP) is 0.275. The van der Waals surface area contributed by atoms with E-state index in [-0.39, 0.29) is 29.8 Å². The summed E-state index contributed by atoms with van der Waals surface area (Å²) in [5, 5.41) is 11.2. The molecule has 2 aromatic heterocycles. The minimum atomic E-state index is -0.349. The summed E-state index contributed by atoms with van der Waals surface area (Å²) in [5.74, 6) is 0.0573. The Labute approximate surface area is 153 Å². The molecule has 0 radical (unpaired) electrons. The van der Waals surface area contributed by atoms with Gasteiger partial charge in [0.1, 0.15) is 24.1 Å². The van der Waals surface area contributed by atoms with E-state index in [4.69, 9.17) is 0 Å². The van der Waals surface area contributed by atoms with Crippen LogP contribution in [0.1, 0.15) is 30.9 Å². The molecule has 10 nitrogen and oxygen atoms in total. The lowest BCUT2D eigenvalue weighted by Gasteiger charge is -2.27. The topological polar surface area (TPSA) is 117 Å². The number of H-pyrrole nitrogens is 1. The van der Waals surface area contributed by atoms with Gasteiger partial charge < -0.3 is 9.88 Å². The molecule has 4 heterocycles. The second-order valence-corrected chi connectivity index (χ2v) is 6.84. The van der Waals surface area contributed by atoms with E-state index in [1.165, 1.54) is 23.1 Å². The number of likely N-dealkylation sites (tertiary alicyclic amines) is 1. The van der Waals surface area contributed by atoms with Crippen molar-refractivity contribution < 1.29 is 9.18 Å². The van der Waals surface area contributed by atoms with Crippen molar-refractivity contribution in [3.05, 3.63) is 36.2 Å². The molecule has 2 saturated heterocycles. The molecule has 11 heteroatoms. The smallest absolute Gasteiger partial charge is 0.231 e. The Morgan fingerprint density at radius 2 is 2.26 bits per heavy atom. The molecular formula is C16H18FN9O. The van der Waals surface area contributed by atoms with Crippen molar-refractivity contribution in [1.82, 2.24) is 45.9 Å². The van der Waals surface area contributed by atoms with Crippen molar-refractivity contribution in [2.45, 2.75) is 25.0 Å². The minimum absolute atomic E-state index is 0.0159. The summed E-state index contributed by atoms with van der Waals surface area (Å²) >= 11 is 0. The van der Waals surface area contributed by atoms with Gasteiger partial charge in [0.25, 0.3) is 0 Å². The first-order valence-corrected chi connectivity index (χ1v) is 8.87. The number of nitrogens with zero attached hydrogens (tertiary/aromatic N) is 6. The third kappa shape index (κ3) is 2.75. The Morgan fingerprint density at radius 3 is 3.11 bits per heavy atom. The van der Waals surface area contributed by atoms with E-state index in [1.807, 2.05) is 4.90 Å². The third-order valence-corrected chi connectivity index (χ3v) is 5.23. The number of aromatic nitrogens is 6. The van der Waals surface area contributed by atoms with Crippen LogP contribution in [0.25, 0.3) is 11.0 Å². The summed E-state index contributed by atoms with van der Waals surface area (Å²) in [4.78, 5) is 22.9. The van der Waals surface area contributed by atoms with Crippen LogP contribution in [0.15, 0.2) is 24.5 Å². The summed E-state index contributed by atoms with van der Waals surface area (Å²) in [6, 6.07) is 4.30. The molecule has 140 valence electrons. The number of aromatic amines is 1. The summed E-state index contributed by atoms with van der Waals surface area (Å²) in [6.45, 7) is 1.14. The van der Waals surface area contributed by atoms with Crippen LogP contribution in [0.3, 0.4) is 0 Å². The summed E-state index contributed by atoms with van der Waals surface area (Å²) in [7, 11) is 0. The first kappa shape index (κ1) is 16.3. The van der Waals surface area contributed by atoms with Crippen molar-refractivity contribution >= 4 is 16.9 Å². The molecule has 0 aliphatic carbocycles. The van der Waals surface area contributed by atoms with E-state index in [9.17, 15) is 9.18 Å². The average Bonchev–Trinajstić information content (AvgIpc) is 3.46. The van der Waals surface area contributed by atoms with Gasteiger partial charge in [-0.25, -0.2) is 19.5 Å². The standard InChI is InChI=1S/C16H18FN9O/c17-9-3-4-11-12(6-9)21-14(20-11)13-2-1-5-25(13)16(27)10-7-18-22-15(10)26-8-19-23-24-26/h3-4,6,8,10,13,15,18,22H,1-2,5,7H2,(H,20,21). The minimum Gasteiger partial charge on any atom is -0.340 e. The lowest BCUT2D eigenvalue weighted by molar-refractivity contribution is -0.137. The highest BCUT2D eigenvalue weighted by Crippen LogP contribution is 2.34. The molecule has 3 unspecified atom stereocenters. The van der Waals surface area contributed by atoms with E-state index in [0.717, 1.165) is 12.8 Å². The fourth-order valence-electron chi connectivity index (χ4n) is 3.94. The van der Waals surface area contributed by atoms with Crippen LogP contribution in [0, 0.1) is 11.7 Å². The van der Waals surface area contributed by atoms with Gasteiger partial charge in [0.15, 0.2) is 0 Å². The number of carbonyl (C=O) groups is 1. The molecule has 3 N–H and O–H groups in total. The van der Waals surface area contributed by atoms with Crippen molar-refractivity contribution in [3.63, 3.8) is 0 Å². The number of halogens is 1. The fourth-order valence-corrected chi connectivity index (χ4v) is 3.94. The molecule has 0 saturated carbocycles. The van der Waals surface area contributed by atoms with Crippen LogP contribution in [0.4, 0.5) is 4.39 Å². The van der Waals surface area contributed by atoms with Crippen molar-refractivity contribution in [1.29, 1.82) is 0 Å². The normalized spacial score (nSPS) is 25.5.